The summed E-state index contributed by atoms with van der Waals surface area (Å²) in [7, 11) is -3.89. The van der Waals surface area contributed by atoms with E-state index in [9.17, 15) is 23.1 Å². The van der Waals surface area contributed by atoms with Gasteiger partial charge in [-0.1, -0.05) is 30.3 Å². The van der Waals surface area contributed by atoms with Crippen LogP contribution in [0.1, 0.15) is 16.8 Å². The van der Waals surface area contributed by atoms with E-state index in [-0.39, 0.29) is 18.1 Å². The lowest BCUT2D eigenvalue weighted by atomic mass is 10.2. The fraction of sp³-hybridized carbons (Fsp3) is 0.263. The number of nitrogens with one attached hydrogen (secondary N) is 4. The smallest absolute Gasteiger partial charge is 0.240 e. The fourth-order valence-electron chi connectivity index (χ4n) is 2.46. The number of nitrogens with zero attached hydrogens (tertiary/aromatic N) is 1. The van der Waals surface area contributed by atoms with E-state index in [2.05, 4.69) is 20.3 Å². The zero-order valence-corrected chi connectivity index (χ0v) is 17.4. The molecular weight excluding hydrogens is 424 g/mol. The molecule has 0 saturated heterocycles. The Labute approximate surface area is 179 Å². The van der Waals surface area contributed by atoms with Gasteiger partial charge in [-0.25, -0.2) is 13.1 Å². The number of carbonyl (C=O) groups excluding carboxylic acids is 2. The van der Waals surface area contributed by atoms with Crippen molar-refractivity contribution in [2.24, 2.45) is 5.73 Å². The number of rotatable bonds is 11. The first-order valence-electron chi connectivity index (χ1n) is 9.18. The predicted molar refractivity (Wildman–Crippen MR) is 113 cm³/mol. The topological polar surface area (TPSA) is 187 Å². The van der Waals surface area contributed by atoms with Crippen LogP contribution in [0.25, 0.3) is 0 Å². The Kier molecular flexibility index (Phi) is 8.61. The highest BCUT2D eigenvalue weighted by molar-refractivity contribution is 7.88. The molecule has 0 aliphatic heterocycles. The SMILES string of the molecule is N=C(N)c1ccc(CNC(=O)CNC(=O)[C@@H](CO)NS(=O)(=O)Cc2ccccc2)nc1. The molecule has 1 atom stereocenters. The second kappa shape index (κ2) is 11.2. The number of hydrogen-bond acceptors (Lipinski definition) is 7. The van der Waals surface area contributed by atoms with E-state index in [1.54, 1.807) is 42.5 Å². The minimum absolute atomic E-state index is 0.0834. The van der Waals surface area contributed by atoms with E-state index < -0.39 is 41.0 Å². The molecule has 0 aliphatic rings. The van der Waals surface area contributed by atoms with Gasteiger partial charge in [-0.3, -0.25) is 20.0 Å². The Morgan fingerprint density at radius 2 is 1.84 bits per heavy atom. The van der Waals surface area contributed by atoms with E-state index in [0.29, 0.717) is 16.8 Å². The lowest BCUT2D eigenvalue weighted by molar-refractivity contribution is -0.127. The van der Waals surface area contributed by atoms with Gasteiger partial charge in [0.1, 0.15) is 11.9 Å². The maximum Gasteiger partial charge on any atom is 0.240 e. The van der Waals surface area contributed by atoms with E-state index in [4.69, 9.17) is 11.1 Å². The van der Waals surface area contributed by atoms with E-state index in [1.807, 2.05) is 0 Å². The molecular formula is C19H24N6O5S. The van der Waals surface area contributed by atoms with Gasteiger partial charge in [0.25, 0.3) is 0 Å². The average molecular weight is 449 g/mol. The number of hydrogen-bond donors (Lipinski definition) is 6. The minimum Gasteiger partial charge on any atom is -0.394 e. The Bertz CT molecular complexity index is 1010. The summed E-state index contributed by atoms with van der Waals surface area (Å²) >= 11 is 0. The van der Waals surface area contributed by atoms with Crippen molar-refractivity contribution in [2.45, 2.75) is 18.3 Å². The third-order valence-electron chi connectivity index (χ3n) is 4.05. The first-order valence-corrected chi connectivity index (χ1v) is 10.8. The number of nitrogens with two attached hydrogens (primary N) is 1. The maximum absolute atomic E-state index is 12.2. The van der Waals surface area contributed by atoms with Gasteiger partial charge in [-0.15, -0.1) is 0 Å². The molecule has 0 radical (unpaired) electrons. The van der Waals surface area contributed by atoms with Gasteiger partial charge in [-0.05, 0) is 17.7 Å². The van der Waals surface area contributed by atoms with Crippen molar-refractivity contribution in [3.8, 4) is 0 Å². The third-order valence-corrected chi connectivity index (χ3v) is 5.40. The number of aliphatic hydroxyl groups excluding tert-OH is 1. The van der Waals surface area contributed by atoms with Crippen molar-refractivity contribution < 1.29 is 23.1 Å². The molecule has 11 nitrogen and oxygen atoms in total. The molecule has 1 aromatic carbocycles. The Hall–Kier alpha value is -3.35. The van der Waals surface area contributed by atoms with Crippen molar-refractivity contribution in [1.29, 1.82) is 5.41 Å². The number of carbonyl (C=O) groups is 2. The highest BCUT2D eigenvalue weighted by atomic mass is 32.2. The average Bonchev–Trinajstić information content (AvgIpc) is 2.75. The Morgan fingerprint density at radius 1 is 1.13 bits per heavy atom. The van der Waals surface area contributed by atoms with Crippen LogP contribution >= 0.6 is 0 Å². The van der Waals surface area contributed by atoms with Crippen LogP contribution in [0.5, 0.6) is 0 Å². The second-order valence-corrected chi connectivity index (χ2v) is 8.30. The normalized spacial score (nSPS) is 12.0. The summed E-state index contributed by atoms with van der Waals surface area (Å²) in [6.45, 7) is -1.10. The number of sulfonamides is 1. The summed E-state index contributed by atoms with van der Waals surface area (Å²) in [5, 5.41) is 21.5. The summed E-state index contributed by atoms with van der Waals surface area (Å²) in [5.41, 5.74) is 6.83. The summed E-state index contributed by atoms with van der Waals surface area (Å²) in [4.78, 5) is 28.1. The molecule has 0 aliphatic carbocycles. The molecule has 2 aromatic rings. The van der Waals surface area contributed by atoms with Gasteiger partial charge in [0, 0.05) is 11.8 Å². The first-order chi connectivity index (χ1) is 14.7. The first kappa shape index (κ1) is 23.9. The van der Waals surface area contributed by atoms with Crippen molar-refractivity contribution in [2.75, 3.05) is 13.2 Å². The van der Waals surface area contributed by atoms with Gasteiger partial charge in [0.05, 0.1) is 31.1 Å². The summed E-state index contributed by atoms with van der Waals surface area (Å²) in [6, 6.07) is 10.1. The van der Waals surface area contributed by atoms with Crippen molar-refractivity contribution in [3.63, 3.8) is 0 Å². The van der Waals surface area contributed by atoms with E-state index in [1.165, 1.54) is 6.20 Å². The summed E-state index contributed by atoms with van der Waals surface area (Å²) in [5.74, 6) is -1.84. The van der Waals surface area contributed by atoms with Crippen LogP contribution < -0.4 is 21.1 Å². The Morgan fingerprint density at radius 3 is 2.42 bits per heavy atom. The van der Waals surface area contributed by atoms with Gasteiger partial charge in [0.15, 0.2) is 0 Å². The molecule has 166 valence electrons. The van der Waals surface area contributed by atoms with Gasteiger partial charge in [0.2, 0.25) is 21.8 Å². The van der Waals surface area contributed by atoms with Gasteiger partial charge >= 0.3 is 0 Å². The van der Waals surface area contributed by atoms with Gasteiger partial charge < -0.3 is 21.5 Å². The highest BCUT2D eigenvalue weighted by Crippen LogP contribution is 2.05. The van der Waals surface area contributed by atoms with Crippen molar-refractivity contribution in [1.82, 2.24) is 20.3 Å². The number of pyridine rings is 1. The van der Waals surface area contributed by atoms with Gasteiger partial charge in [-0.2, -0.15) is 0 Å². The van der Waals surface area contributed by atoms with Crippen LogP contribution in [-0.2, 0) is 31.9 Å². The summed E-state index contributed by atoms with van der Waals surface area (Å²) < 4.78 is 26.6. The molecule has 2 rings (SSSR count). The number of aliphatic hydroxyl groups is 1. The molecule has 31 heavy (non-hydrogen) atoms. The minimum atomic E-state index is -3.89. The quantitative estimate of drug-likeness (QED) is 0.180. The monoisotopic (exact) mass is 448 g/mol. The molecule has 7 N–H and O–H groups in total. The number of nitrogen functional groups attached to an aromatic ring is 1. The molecule has 0 unspecified atom stereocenters. The molecule has 0 saturated carbocycles. The third kappa shape index (κ3) is 8.12. The maximum atomic E-state index is 12.2. The largest absolute Gasteiger partial charge is 0.394 e. The molecule has 0 spiro atoms. The standard InChI is InChI=1S/C19H24N6O5S/c20-18(21)14-6-7-15(22-8-14)9-23-17(27)10-24-19(28)16(11-26)25-31(29,30)12-13-4-2-1-3-5-13/h1-8,16,25-26H,9-12H2,(H3,20,21)(H,23,27)(H,24,28)/t16-/m1/s1. The van der Waals surface area contributed by atoms with Crippen molar-refractivity contribution in [3.05, 3.63) is 65.5 Å². The van der Waals surface area contributed by atoms with Crippen LogP contribution in [0.3, 0.4) is 0 Å². The number of aromatic nitrogens is 1. The van der Waals surface area contributed by atoms with Crippen LogP contribution in [0.4, 0.5) is 0 Å². The molecule has 2 amide bonds. The van der Waals surface area contributed by atoms with Crippen LogP contribution in [0.2, 0.25) is 0 Å². The number of amidine groups is 1. The van der Waals surface area contributed by atoms with E-state index >= 15 is 0 Å². The predicted octanol–water partition coefficient (Wildman–Crippen LogP) is -1.42. The van der Waals surface area contributed by atoms with Crippen LogP contribution in [0.15, 0.2) is 48.7 Å². The molecule has 0 fully saturated rings. The van der Waals surface area contributed by atoms with E-state index in [0.717, 1.165) is 0 Å². The lowest BCUT2D eigenvalue weighted by Gasteiger charge is -2.16. The van der Waals surface area contributed by atoms with Crippen LogP contribution in [0, 0.1) is 5.41 Å². The zero-order valence-electron chi connectivity index (χ0n) is 16.5. The fourth-order valence-corrected chi connectivity index (χ4v) is 3.79. The number of amides is 2. The molecule has 0 bridgehead atoms. The molecule has 12 heteroatoms. The second-order valence-electron chi connectivity index (χ2n) is 6.54. The van der Waals surface area contributed by atoms with Crippen LogP contribution in [-0.4, -0.2) is 55.4 Å². The lowest BCUT2D eigenvalue weighted by Crippen LogP contribution is -2.50. The van der Waals surface area contributed by atoms with Crippen molar-refractivity contribution >= 4 is 27.7 Å². The number of benzene rings is 1. The molecule has 1 heterocycles. The summed E-state index contributed by atoms with van der Waals surface area (Å²) in [6.07, 6.45) is 1.40. The zero-order chi connectivity index (χ0) is 22.9. The highest BCUT2D eigenvalue weighted by Gasteiger charge is 2.24. The molecule has 1 aromatic heterocycles. The Balaban J connectivity index is 1.80.